The van der Waals surface area contributed by atoms with Gasteiger partial charge in [0.05, 0.1) is 5.71 Å². The normalized spacial score (nSPS) is 11.8. The smallest absolute Gasteiger partial charge is 0.224 e. The van der Waals surface area contributed by atoms with E-state index in [1.165, 1.54) is 0 Å². The number of amides is 1. The molecule has 4 N–H and O–H groups in total. The first-order chi connectivity index (χ1) is 11.6. The molecule has 0 heterocycles. The van der Waals surface area contributed by atoms with Gasteiger partial charge in [0.2, 0.25) is 5.91 Å². The predicted octanol–water partition coefficient (Wildman–Crippen LogP) is 3.25. The van der Waals surface area contributed by atoms with Crippen molar-refractivity contribution in [2.24, 2.45) is 16.3 Å². The maximum absolute atomic E-state index is 12.2. The van der Waals surface area contributed by atoms with Gasteiger partial charge in [-0.1, -0.05) is 32.4 Å². The second-order valence-corrected chi connectivity index (χ2v) is 7.43. The second kappa shape index (κ2) is 9.48. The van der Waals surface area contributed by atoms with E-state index in [2.05, 4.69) is 15.8 Å². The maximum Gasteiger partial charge on any atom is 0.224 e. The zero-order valence-electron chi connectivity index (χ0n) is 14.6. The number of nitrogens with one attached hydrogen (secondary N) is 2. The van der Waals surface area contributed by atoms with Crippen LogP contribution in [0.5, 0.6) is 0 Å². The highest BCUT2D eigenvalue weighted by Crippen LogP contribution is 2.19. The minimum Gasteiger partial charge on any atom is -0.375 e. The van der Waals surface area contributed by atoms with Crippen LogP contribution in [0.3, 0.4) is 0 Å². The van der Waals surface area contributed by atoms with Crippen molar-refractivity contribution in [3.05, 3.63) is 29.3 Å². The summed E-state index contributed by atoms with van der Waals surface area (Å²) in [5.74, 6) is -0.309. The fourth-order valence-electron chi connectivity index (χ4n) is 1.88. The highest BCUT2D eigenvalue weighted by Gasteiger charge is 2.22. The largest absolute Gasteiger partial charge is 0.375 e. The third-order valence-corrected chi connectivity index (χ3v) is 3.63. The van der Waals surface area contributed by atoms with E-state index >= 15 is 0 Å². The number of hydrazone groups is 1. The molecule has 0 spiro atoms. The Bertz CT molecular complexity index is 666. The SMILES string of the molecule is CC(C)(C)/C(CC(=O)CCC(=O)Nc1ccc(Cl)cc1)=N/NC(N)=S. The van der Waals surface area contributed by atoms with Crippen molar-refractivity contribution in [3.8, 4) is 0 Å². The van der Waals surface area contributed by atoms with Crippen LogP contribution < -0.4 is 16.5 Å². The van der Waals surface area contributed by atoms with Crippen LogP contribution in [0.4, 0.5) is 5.69 Å². The molecule has 25 heavy (non-hydrogen) atoms. The number of benzene rings is 1. The molecule has 1 amide bonds. The number of carbonyl (C=O) groups is 2. The molecule has 0 aliphatic rings. The Kier molecular flexibility index (Phi) is 7.99. The number of ketones is 1. The molecular weight excluding hydrogens is 360 g/mol. The van der Waals surface area contributed by atoms with Crippen molar-refractivity contribution < 1.29 is 9.59 Å². The molecule has 136 valence electrons. The molecule has 0 fully saturated rings. The number of Topliss-reactive ketones (excluding diaryl/α,β-unsaturated/α-hetero) is 1. The second-order valence-electron chi connectivity index (χ2n) is 6.56. The highest BCUT2D eigenvalue weighted by atomic mass is 35.5. The number of nitrogens with zero attached hydrogens (tertiary/aromatic N) is 1. The first-order valence-corrected chi connectivity index (χ1v) is 8.56. The fourth-order valence-corrected chi connectivity index (χ4v) is 2.05. The molecule has 0 aromatic heterocycles. The van der Waals surface area contributed by atoms with Crippen LogP contribution in [0.25, 0.3) is 0 Å². The van der Waals surface area contributed by atoms with Gasteiger partial charge in [0.25, 0.3) is 0 Å². The third kappa shape index (κ3) is 8.60. The van der Waals surface area contributed by atoms with Gasteiger partial charge in [-0.3, -0.25) is 15.0 Å². The van der Waals surface area contributed by atoms with Crippen LogP contribution in [0.1, 0.15) is 40.0 Å². The lowest BCUT2D eigenvalue weighted by Crippen LogP contribution is -2.31. The first kappa shape index (κ1) is 21.1. The molecule has 6 nitrogen and oxygen atoms in total. The predicted molar refractivity (Wildman–Crippen MR) is 106 cm³/mol. The average Bonchev–Trinajstić information content (AvgIpc) is 2.50. The Hall–Kier alpha value is -1.99. The molecule has 0 saturated carbocycles. The van der Waals surface area contributed by atoms with Gasteiger partial charge in [-0.15, -0.1) is 0 Å². The van der Waals surface area contributed by atoms with E-state index < -0.39 is 0 Å². The van der Waals surface area contributed by atoms with Crippen molar-refractivity contribution in [1.82, 2.24) is 5.43 Å². The lowest BCUT2D eigenvalue weighted by molar-refractivity contribution is -0.122. The molecule has 1 rings (SSSR count). The average molecular weight is 383 g/mol. The summed E-state index contributed by atoms with van der Waals surface area (Å²) in [6, 6.07) is 6.77. The molecule has 0 radical (unpaired) electrons. The lowest BCUT2D eigenvalue weighted by Gasteiger charge is -2.21. The van der Waals surface area contributed by atoms with Crippen molar-refractivity contribution in [3.63, 3.8) is 0 Å². The van der Waals surface area contributed by atoms with Crippen LogP contribution in [-0.4, -0.2) is 22.5 Å². The Labute approximate surface area is 158 Å². The molecule has 8 heteroatoms. The number of anilines is 1. The van der Waals surface area contributed by atoms with E-state index in [1.807, 2.05) is 20.8 Å². The topological polar surface area (TPSA) is 96.6 Å². The summed E-state index contributed by atoms with van der Waals surface area (Å²) >= 11 is 10.5. The minimum absolute atomic E-state index is 0.0385. The van der Waals surface area contributed by atoms with Crippen LogP contribution >= 0.6 is 23.8 Å². The Balaban J connectivity index is 2.54. The van der Waals surface area contributed by atoms with Crippen molar-refractivity contribution in [2.75, 3.05) is 5.32 Å². The summed E-state index contributed by atoms with van der Waals surface area (Å²) in [5, 5.41) is 7.46. The third-order valence-electron chi connectivity index (χ3n) is 3.29. The van der Waals surface area contributed by atoms with Crippen LogP contribution in [-0.2, 0) is 9.59 Å². The molecule has 0 bridgehead atoms. The molecule has 1 aromatic rings. The van der Waals surface area contributed by atoms with Gasteiger partial charge >= 0.3 is 0 Å². The monoisotopic (exact) mass is 382 g/mol. The van der Waals surface area contributed by atoms with E-state index in [4.69, 9.17) is 29.6 Å². The van der Waals surface area contributed by atoms with Gasteiger partial charge in [-0.2, -0.15) is 5.10 Å². The van der Waals surface area contributed by atoms with E-state index in [-0.39, 0.29) is 41.5 Å². The Morgan fingerprint density at radius 1 is 1.20 bits per heavy atom. The summed E-state index contributed by atoms with van der Waals surface area (Å²) in [7, 11) is 0. The first-order valence-electron chi connectivity index (χ1n) is 7.77. The zero-order valence-corrected chi connectivity index (χ0v) is 16.1. The number of rotatable bonds is 7. The number of hydrogen-bond donors (Lipinski definition) is 3. The van der Waals surface area contributed by atoms with Gasteiger partial charge in [0, 0.05) is 35.4 Å². The number of hydrogen-bond acceptors (Lipinski definition) is 4. The molecule has 0 aliphatic heterocycles. The van der Waals surface area contributed by atoms with Crippen molar-refractivity contribution >= 4 is 52.0 Å². The quantitative estimate of drug-likeness (QED) is 0.382. The van der Waals surface area contributed by atoms with E-state index in [1.54, 1.807) is 24.3 Å². The van der Waals surface area contributed by atoms with E-state index in [9.17, 15) is 9.59 Å². The van der Waals surface area contributed by atoms with E-state index in [0.717, 1.165) is 0 Å². The summed E-state index contributed by atoms with van der Waals surface area (Å²) in [4.78, 5) is 24.1. The molecule has 0 saturated heterocycles. The maximum atomic E-state index is 12.2. The van der Waals surface area contributed by atoms with Crippen molar-refractivity contribution in [1.29, 1.82) is 0 Å². The van der Waals surface area contributed by atoms with Gasteiger partial charge in [0.15, 0.2) is 5.11 Å². The standard InChI is InChI=1S/C17H23ClN4O2S/c1-17(2,3)14(21-22-16(19)25)10-13(23)8-9-15(24)20-12-6-4-11(18)5-7-12/h4-7H,8-10H2,1-3H3,(H,20,24)(H3,19,22,25)/b21-14+. The van der Waals surface area contributed by atoms with Crippen molar-refractivity contribution in [2.45, 2.75) is 40.0 Å². The zero-order chi connectivity index (χ0) is 19.0. The van der Waals surface area contributed by atoms with Gasteiger partial charge in [-0.05, 0) is 36.5 Å². The van der Waals surface area contributed by atoms with Gasteiger partial charge in [-0.25, -0.2) is 0 Å². The van der Waals surface area contributed by atoms with Gasteiger partial charge in [0.1, 0.15) is 5.78 Å². The van der Waals surface area contributed by atoms with Gasteiger partial charge < -0.3 is 11.1 Å². The van der Waals surface area contributed by atoms with Crippen LogP contribution in [0.15, 0.2) is 29.4 Å². The number of halogens is 1. The van der Waals surface area contributed by atoms with E-state index in [0.29, 0.717) is 16.4 Å². The molecule has 0 atom stereocenters. The summed E-state index contributed by atoms with van der Waals surface area (Å²) in [6.45, 7) is 5.81. The summed E-state index contributed by atoms with van der Waals surface area (Å²) in [5.41, 5.74) is 8.82. The fraction of sp³-hybridized carbons (Fsp3) is 0.412. The highest BCUT2D eigenvalue weighted by molar-refractivity contribution is 7.80. The molecule has 1 aromatic carbocycles. The number of thiocarbonyl (C=S) groups is 1. The Morgan fingerprint density at radius 3 is 2.32 bits per heavy atom. The lowest BCUT2D eigenvalue weighted by atomic mass is 9.86. The van der Waals surface area contributed by atoms with Crippen LogP contribution in [0, 0.1) is 5.41 Å². The molecular formula is C17H23ClN4O2S. The minimum atomic E-state index is -0.320. The summed E-state index contributed by atoms with van der Waals surface area (Å²) < 4.78 is 0. The molecule has 0 aliphatic carbocycles. The summed E-state index contributed by atoms with van der Waals surface area (Å²) in [6.07, 6.45) is 0.358. The van der Waals surface area contributed by atoms with Crippen LogP contribution in [0.2, 0.25) is 5.02 Å². The number of nitrogens with two attached hydrogens (primary N) is 1. The Morgan fingerprint density at radius 2 is 1.80 bits per heavy atom. The number of carbonyl (C=O) groups excluding carboxylic acids is 2. The molecule has 0 unspecified atom stereocenters.